The summed E-state index contributed by atoms with van der Waals surface area (Å²) in [5.41, 5.74) is 0.664. The van der Waals surface area contributed by atoms with Crippen LogP contribution >= 0.6 is 0 Å². The first kappa shape index (κ1) is 12.7. The molecule has 0 amide bonds. The molecule has 0 aliphatic carbocycles. The van der Waals surface area contributed by atoms with E-state index in [0.717, 1.165) is 5.75 Å². The largest absolute Gasteiger partial charge is 0.497 e. The van der Waals surface area contributed by atoms with Crippen molar-refractivity contribution in [1.29, 1.82) is 0 Å². The van der Waals surface area contributed by atoms with Gasteiger partial charge >= 0.3 is 0 Å². The molecule has 0 heterocycles. The first-order valence-corrected chi connectivity index (χ1v) is 5.26. The average Bonchev–Trinajstić information content (AvgIpc) is 2.34. The van der Waals surface area contributed by atoms with Gasteiger partial charge in [0.2, 0.25) is 0 Å². The Hall–Kier alpha value is -1.39. The van der Waals surface area contributed by atoms with E-state index < -0.39 is 0 Å². The topological polar surface area (TPSA) is 58.6 Å². The minimum absolute atomic E-state index is 0.0422. The third-order valence-electron chi connectivity index (χ3n) is 2.21. The van der Waals surface area contributed by atoms with Gasteiger partial charge in [0.05, 0.1) is 13.7 Å². The second-order valence-corrected chi connectivity index (χ2v) is 3.41. The number of carbonyl (C=O) groups excluding carboxylic acids is 1. The zero-order valence-corrected chi connectivity index (χ0v) is 9.40. The van der Waals surface area contributed by atoms with E-state index in [2.05, 4.69) is 5.32 Å². The van der Waals surface area contributed by atoms with Crippen LogP contribution in [0.4, 0.5) is 0 Å². The highest BCUT2D eigenvalue weighted by Gasteiger charge is 2.04. The molecule has 0 saturated heterocycles. The predicted molar refractivity (Wildman–Crippen MR) is 61.9 cm³/mol. The van der Waals surface area contributed by atoms with Crippen LogP contribution in [0.3, 0.4) is 0 Å². The molecule has 4 nitrogen and oxygen atoms in total. The Labute approximate surface area is 95.2 Å². The van der Waals surface area contributed by atoms with Gasteiger partial charge in [0.25, 0.3) is 0 Å². The summed E-state index contributed by atoms with van der Waals surface area (Å²) in [6.45, 7) is 1.09. The number of aliphatic hydroxyl groups excluding tert-OH is 1. The smallest absolute Gasteiger partial charge is 0.176 e. The number of benzene rings is 1. The summed E-state index contributed by atoms with van der Waals surface area (Å²) < 4.78 is 5.01. The Morgan fingerprint density at radius 2 is 2.06 bits per heavy atom. The van der Waals surface area contributed by atoms with Crippen LogP contribution < -0.4 is 10.1 Å². The number of aliphatic hydroxyl groups is 1. The Balaban J connectivity index is 2.40. The van der Waals surface area contributed by atoms with E-state index >= 15 is 0 Å². The van der Waals surface area contributed by atoms with Gasteiger partial charge in [-0.1, -0.05) is 0 Å². The van der Waals surface area contributed by atoms with Gasteiger partial charge in [-0.25, -0.2) is 0 Å². The maximum atomic E-state index is 11.6. The zero-order valence-electron chi connectivity index (χ0n) is 9.40. The lowest BCUT2D eigenvalue weighted by Gasteiger charge is -2.04. The summed E-state index contributed by atoms with van der Waals surface area (Å²) in [5, 5.41) is 11.5. The van der Waals surface area contributed by atoms with E-state index in [9.17, 15) is 4.79 Å². The summed E-state index contributed by atoms with van der Waals surface area (Å²) in [4.78, 5) is 11.6. The maximum Gasteiger partial charge on any atom is 0.176 e. The van der Waals surface area contributed by atoms with Gasteiger partial charge in [-0.3, -0.25) is 4.79 Å². The van der Waals surface area contributed by atoms with E-state index in [0.29, 0.717) is 25.1 Å². The van der Waals surface area contributed by atoms with Gasteiger partial charge in [0.1, 0.15) is 5.75 Å². The zero-order chi connectivity index (χ0) is 11.8. The Bertz CT molecular complexity index is 322. The molecule has 0 bridgehead atoms. The number of hydrogen-bond donors (Lipinski definition) is 2. The highest BCUT2D eigenvalue weighted by Crippen LogP contribution is 2.11. The maximum absolute atomic E-state index is 11.6. The predicted octanol–water partition coefficient (Wildman–Crippen LogP) is 0.850. The summed E-state index contributed by atoms with van der Waals surface area (Å²) >= 11 is 0. The second kappa shape index (κ2) is 6.98. The molecule has 1 aromatic carbocycles. The molecule has 0 aliphatic rings. The van der Waals surface area contributed by atoms with Gasteiger partial charge in [0.15, 0.2) is 5.78 Å². The number of hydrogen-bond acceptors (Lipinski definition) is 4. The van der Waals surface area contributed by atoms with Crippen LogP contribution in [0.15, 0.2) is 24.3 Å². The lowest BCUT2D eigenvalue weighted by molar-refractivity contribution is 0.0990. The first-order chi connectivity index (χ1) is 7.77. The molecular formula is C12H17NO3. The fraction of sp³-hybridized carbons (Fsp3) is 0.417. The van der Waals surface area contributed by atoms with Crippen molar-refractivity contribution in [1.82, 2.24) is 5.32 Å². The molecule has 4 heteroatoms. The van der Waals surface area contributed by atoms with Gasteiger partial charge in [-0.05, 0) is 37.2 Å². The van der Waals surface area contributed by atoms with Crippen LogP contribution in [-0.4, -0.2) is 37.7 Å². The highest BCUT2D eigenvalue weighted by molar-refractivity contribution is 5.97. The second-order valence-electron chi connectivity index (χ2n) is 3.41. The van der Waals surface area contributed by atoms with E-state index in [4.69, 9.17) is 9.84 Å². The fourth-order valence-electron chi connectivity index (χ4n) is 1.28. The van der Waals surface area contributed by atoms with Gasteiger partial charge in [-0.15, -0.1) is 0 Å². The molecule has 16 heavy (non-hydrogen) atoms. The number of ketones is 1. The van der Waals surface area contributed by atoms with Crippen molar-refractivity contribution in [3.05, 3.63) is 29.8 Å². The molecular weight excluding hydrogens is 206 g/mol. The van der Waals surface area contributed by atoms with Crippen LogP contribution in [0.5, 0.6) is 5.75 Å². The van der Waals surface area contributed by atoms with Crippen molar-refractivity contribution < 1.29 is 14.6 Å². The first-order valence-electron chi connectivity index (χ1n) is 5.26. The van der Waals surface area contributed by atoms with Crippen molar-refractivity contribution in [3.8, 4) is 5.75 Å². The normalized spacial score (nSPS) is 10.1. The highest BCUT2D eigenvalue weighted by atomic mass is 16.5. The minimum atomic E-state index is 0.0422. The lowest BCUT2D eigenvalue weighted by atomic mass is 10.1. The molecule has 1 rings (SSSR count). The summed E-state index contributed by atoms with van der Waals surface area (Å²) in [5.74, 6) is 0.783. The molecule has 0 radical (unpaired) electrons. The Kier molecular flexibility index (Phi) is 5.53. The monoisotopic (exact) mass is 223 g/mol. The van der Waals surface area contributed by atoms with E-state index in [-0.39, 0.29) is 12.4 Å². The van der Waals surface area contributed by atoms with Crippen molar-refractivity contribution in [2.45, 2.75) is 6.42 Å². The molecule has 1 aromatic rings. The standard InChI is InChI=1S/C12H17NO3/c1-16-11-5-3-10(4-6-11)12(15)9-13-7-2-8-14/h3-6,13-14H,2,7-9H2,1H3. The summed E-state index contributed by atoms with van der Waals surface area (Å²) in [7, 11) is 1.59. The summed E-state index contributed by atoms with van der Waals surface area (Å²) in [6.07, 6.45) is 0.663. The molecule has 0 aromatic heterocycles. The van der Waals surface area contributed by atoms with Crippen molar-refractivity contribution >= 4 is 5.78 Å². The minimum Gasteiger partial charge on any atom is -0.497 e. The van der Waals surface area contributed by atoms with Crippen LogP contribution in [0.1, 0.15) is 16.8 Å². The molecule has 0 aliphatic heterocycles. The van der Waals surface area contributed by atoms with Crippen molar-refractivity contribution in [3.63, 3.8) is 0 Å². The molecule has 0 atom stereocenters. The number of rotatable bonds is 7. The quantitative estimate of drug-likeness (QED) is 0.531. The molecule has 88 valence electrons. The van der Waals surface area contributed by atoms with Crippen molar-refractivity contribution in [2.75, 3.05) is 26.8 Å². The molecule has 0 unspecified atom stereocenters. The average molecular weight is 223 g/mol. The molecule has 0 spiro atoms. The van der Waals surface area contributed by atoms with Gasteiger partial charge < -0.3 is 15.2 Å². The number of Topliss-reactive ketones (excluding diaryl/α,β-unsaturated/α-hetero) is 1. The number of nitrogens with one attached hydrogen (secondary N) is 1. The van der Waals surface area contributed by atoms with Gasteiger partial charge in [0, 0.05) is 12.2 Å². The van der Waals surface area contributed by atoms with Crippen LogP contribution in [0.2, 0.25) is 0 Å². The number of ether oxygens (including phenoxy) is 1. The number of carbonyl (C=O) groups is 1. The lowest BCUT2D eigenvalue weighted by Crippen LogP contribution is -2.24. The van der Waals surface area contributed by atoms with Crippen LogP contribution in [0.25, 0.3) is 0 Å². The van der Waals surface area contributed by atoms with Crippen molar-refractivity contribution in [2.24, 2.45) is 0 Å². The SMILES string of the molecule is COc1ccc(C(=O)CNCCCO)cc1. The third-order valence-corrected chi connectivity index (χ3v) is 2.21. The Morgan fingerprint density at radius 3 is 2.62 bits per heavy atom. The van der Waals surface area contributed by atoms with E-state index in [1.807, 2.05) is 0 Å². The van der Waals surface area contributed by atoms with Crippen LogP contribution in [0, 0.1) is 0 Å². The third kappa shape index (κ3) is 4.00. The van der Waals surface area contributed by atoms with E-state index in [1.54, 1.807) is 31.4 Å². The van der Waals surface area contributed by atoms with E-state index in [1.165, 1.54) is 0 Å². The Morgan fingerprint density at radius 1 is 1.38 bits per heavy atom. The van der Waals surface area contributed by atoms with Gasteiger partial charge in [-0.2, -0.15) is 0 Å². The molecule has 0 fully saturated rings. The number of methoxy groups -OCH3 is 1. The molecule has 2 N–H and O–H groups in total. The van der Waals surface area contributed by atoms with Crippen LogP contribution in [-0.2, 0) is 0 Å². The fourth-order valence-corrected chi connectivity index (χ4v) is 1.28. The molecule has 0 saturated carbocycles. The summed E-state index contributed by atoms with van der Waals surface area (Å²) in [6, 6.07) is 7.02.